The van der Waals surface area contributed by atoms with Crippen LogP contribution < -0.4 is 28.0 Å². The van der Waals surface area contributed by atoms with Crippen LogP contribution in [0.4, 0.5) is 4.79 Å². The molecule has 2 amide bonds. The molecule has 8 atom stereocenters. The van der Waals surface area contributed by atoms with Crippen molar-refractivity contribution < 1.29 is 54.5 Å². The van der Waals surface area contributed by atoms with Crippen molar-refractivity contribution in [2.75, 3.05) is 6.61 Å². The van der Waals surface area contributed by atoms with Gasteiger partial charge in [-0.3, -0.25) is 19.1 Å². The van der Waals surface area contributed by atoms with Crippen LogP contribution in [0.1, 0.15) is 11.8 Å². The van der Waals surface area contributed by atoms with E-state index in [-0.39, 0.29) is 5.56 Å². The van der Waals surface area contributed by atoms with E-state index in [1.54, 1.807) is 0 Å². The van der Waals surface area contributed by atoms with Crippen LogP contribution in [0.5, 0.6) is 0 Å². The van der Waals surface area contributed by atoms with Crippen LogP contribution in [0.25, 0.3) is 0 Å². The minimum Gasteiger partial charge on any atom is -0.480 e. The lowest BCUT2D eigenvalue weighted by molar-refractivity contribution is -0.150. The maximum atomic E-state index is 12.4. The Morgan fingerprint density at radius 1 is 1.23 bits per heavy atom. The van der Waals surface area contributed by atoms with Gasteiger partial charge in [0, 0.05) is 6.20 Å². The van der Waals surface area contributed by atoms with Crippen molar-refractivity contribution in [1.29, 1.82) is 0 Å². The van der Waals surface area contributed by atoms with Crippen molar-refractivity contribution in [1.82, 2.24) is 14.9 Å². The number of aliphatic hydroxyl groups is 5. The molecule has 0 spiro atoms. The van der Waals surface area contributed by atoms with Gasteiger partial charge >= 0.3 is 17.8 Å². The van der Waals surface area contributed by atoms with Crippen LogP contribution >= 0.6 is 0 Å². The van der Waals surface area contributed by atoms with Gasteiger partial charge in [0.2, 0.25) is 5.91 Å². The average molecular weight is 507 g/mol. The summed E-state index contributed by atoms with van der Waals surface area (Å²) in [5.41, 5.74) is 7.89. The van der Waals surface area contributed by atoms with Crippen molar-refractivity contribution in [2.24, 2.45) is 11.5 Å². The maximum Gasteiger partial charge on any atom is 0.404 e. The Balaban J connectivity index is 2.22. The molecule has 2 heterocycles. The van der Waals surface area contributed by atoms with Crippen LogP contribution in [0, 0.1) is 0 Å². The van der Waals surface area contributed by atoms with Crippen LogP contribution in [-0.4, -0.2) is 107 Å². The van der Waals surface area contributed by atoms with Crippen LogP contribution in [-0.2, 0) is 25.7 Å². The Morgan fingerprint density at radius 3 is 2.40 bits per heavy atom. The zero-order valence-electron chi connectivity index (χ0n) is 17.8. The zero-order chi connectivity index (χ0) is 26.6. The van der Waals surface area contributed by atoms with Crippen molar-refractivity contribution in [3.8, 4) is 0 Å². The fourth-order valence-corrected chi connectivity index (χ4v) is 3.21. The number of aliphatic carboxylic acids is 1. The number of hydrogen-bond donors (Lipinski definition) is 10. The Labute approximate surface area is 194 Å². The highest BCUT2D eigenvalue weighted by molar-refractivity contribution is 5.87. The van der Waals surface area contributed by atoms with Crippen molar-refractivity contribution in [3.05, 3.63) is 32.6 Å². The average Bonchev–Trinajstić information content (AvgIpc) is 3.08. The second kappa shape index (κ2) is 11.4. The van der Waals surface area contributed by atoms with Gasteiger partial charge in [0.1, 0.15) is 43.2 Å². The molecule has 18 nitrogen and oxygen atoms in total. The fraction of sp³-hybridized carbons (Fsp3) is 0.588. The third-order valence-electron chi connectivity index (χ3n) is 5.11. The van der Waals surface area contributed by atoms with Gasteiger partial charge in [0.25, 0.3) is 5.56 Å². The summed E-state index contributed by atoms with van der Waals surface area (Å²) < 4.78 is 10.2. The first-order chi connectivity index (χ1) is 16.3. The van der Waals surface area contributed by atoms with E-state index in [1.807, 2.05) is 10.3 Å². The minimum absolute atomic E-state index is 0.305. The van der Waals surface area contributed by atoms with E-state index in [4.69, 9.17) is 16.2 Å². The molecule has 1 aromatic heterocycles. The third-order valence-corrected chi connectivity index (χ3v) is 5.11. The van der Waals surface area contributed by atoms with Crippen molar-refractivity contribution >= 4 is 18.0 Å². The largest absolute Gasteiger partial charge is 0.480 e. The molecule has 0 bridgehead atoms. The first-order valence-electron chi connectivity index (χ1n) is 9.84. The predicted octanol–water partition coefficient (Wildman–Crippen LogP) is -6.64. The Kier molecular flexibility index (Phi) is 9.04. The van der Waals surface area contributed by atoms with Gasteiger partial charge < -0.3 is 56.9 Å². The molecular weight excluding hydrogens is 482 g/mol. The normalized spacial score (nSPS) is 25.3. The lowest BCUT2D eigenvalue weighted by atomic mass is 10.0. The molecule has 18 heteroatoms. The summed E-state index contributed by atoms with van der Waals surface area (Å²) in [6.45, 7) is -1.63. The van der Waals surface area contributed by atoms with Crippen LogP contribution in [0.15, 0.2) is 15.8 Å². The number of ether oxygens (including phenoxy) is 2. The quantitative estimate of drug-likeness (QED) is 0.141. The SMILES string of the molecule is NC(=O)OC[C@@H](O)[C@@H](O)[C@@H](N)C(=O)N[C@H](C(=O)O)[C@@H]1O[C@@H](n2cc(CO)c(=O)[nH]c2=O)[C@H](O)[C@@H]1O. The number of carbonyl (C=O) groups excluding carboxylic acids is 2. The summed E-state index contributed by atoms with van der Waals surface area (Å²) in [6, 6.07) is -4.05. The molecule has 1 saturated heterocycles. The lowest BCUT2D eigenvalue weighted by Crippen LogP contribution is -2.60. The number of aromatic nitrogens is 2. The topological polar surface area (TPSA) is 310 Å². The summed E-state index contributed by atoms with van der Waals surface area (Å²) >= 11 is 0. The number of aromatic amines is 1. The highest BCUT2D eigenvalue weighted by atomic mass is 16.6. The second-order valence-electron chi connectivity index (χ2n) is 7.49. The van der Waals surface area contributed by atoms with Gasteiger partial charge in [-0.25, -0.2) is 14.4 Å². The number of amides is 2. The molecule has 1 aliphatic heterocycles. The van der Waals surface area contributed by atoms with Gasteiger partial charge in [-0.1, -0.05) is 0 Å². The standard InChI is InChI=1S/C17H25N5O13/c18-6(8(25)5(24)3-34-16(19)32)13(29)20-7(15(30)31)11-9(26)10(27)14(35-11)22-1-4(2-23)12(28)21-17(22)33/h1,5-11,14,23-27H,2-3,18H2,(H2,19,32)(H,20,29)(H,30,31)(H,21,28,33)/t5-,6-,7+,8-,9+,10-,11+,14-/m1/s1. The number of hydrogen-bond acceptors (Lipinski definition) is 13. The van der Waals surface area contributed by atoms with Gasteiger partial charge in [-0.15, -0.1) is 0 Å². The molecule has 0 saturated carbocycles. The summed E-state index contributed by atoms with van der Waals surface area (Å²) in [5.74, 6) is -3.13. The van der Waals surface area contributed by atoms with Crippen LogP contribution in [0.3, 0.4) is 0 Å². The highest BCUT2D eigenvalue weighted by Gasteiger charge is 2.50. The molecule has 1 aromatic rings. The molecule has 0 radical (unpaired) electrons. The number of H-pyrrole nitrogens is 1. The number of nitrogens with one attached hydrogen (secondary N) is 2. The molecule has 1 fully saturated rings. The van der Waals surface area contributed by atoms with Gasteiger partial charge in [-0.2, -0.15) is 0 Å². The number of carboxylic acid groups (broad SMARTS) is 1. The van der Waals surface area contributed by atoms with E-state index < -0.39 is 91.3 Å². The van der Waals surface area contributed by atoms with Gasteiger partial charge in [0.15, 0.2) is 12.3 Å². The van der Waals surface area contributed by atoms with E-state index in [1.165, 1.54) is 0 Å². The molecule has 12 N–H and O–H groups in total. The molecule has 196 valence electrons. The fourth-order valence-electron chi connectivity index (χ4n) is 3.21. The smallest absolute Gasteiger partial charge is 0.404 e. The zero-order valence-corrected chi connectivity index (χ0v) is 17.8. The number of carbonyl (C=O) groups is 3. The van der Waals surface area contributed by atoms with E-state index in [9.17, 15) is 54.6 Å². The number of nitrogens with zero attached hydrogens (tertiary/aromatic N) is 1. The molecule has 2 rings (SSSR count). The first kappa shape index (κ1) is 27.9. The Bertz CT molecular complexity index is 1060. The number of rotatable bonds is 10. The number of aliphatic hydroxyl groups excluding tert-OH is 5. The summed E-state index contributed by atoms with van der Waals surface area (Å²) in [6.07, 6.45) is -11.9. The number of nitrogens with two attached hydrogens (primary N) is 2. The third kappa shape index (κ3) is 6.19. The molecule has 0 aromatic carbocycles. The summed E-state index contributed by atoms with van der Waals surface area (Å²) in [5, 5.41) is 61.0. The second-order valence-corrected chi connectivity index (χ2v) is 7.49. The predicted molar refractivity (Wildman–Crippen MR) is 108 cm³/mol. The minimum atomic E-state index is -2.09. The van der Waals surface area contributed by atoms with E-state index in [0.717, 1.165) is 6.20 Å². The molecule has 0 unspecified atom stereocenters. The first-order valence-corrected chi connectivity index (χ1v) is 9.84. The van der Waals surface area contributed by atoms with Crippen LogP contribution in [0.2, 0.25) is 0 Å². The molecule has 1 aliphatic rings. The van der Waals surface area contributed by atoms with E-state index in [0.29, 0.717) is 4.57 Å². The Hall–Kier alpha value is -3.39. The molecular formula is C17H25N5O13. The molecule has 35 heavy (non-hydrogen) atoms. The van der Waals surface area contributed by atoms with E-state index in [2.05, 4.69) is 4.74 Å². The molecule has 0 aliphatic carbocycles. The van der Waals surface area contributed by atoms with Crippen molar-refractivity contribution in [3.63, 3.8) is 0 Å². The highest BCUT2D eigenvalue weighted by Crippen LogP contribution is 2.30. The number of primary amides is 1. The monoisotopic (exact) mass is 507 g/mol. The Morgan fingerprint density at radius 2 is 1.86 bits per heavy atom. The maximum absolute atomic E-state index is 12.4. The number of carboxylic acids is 1. The van der Waals surface area contributed by atoms with E-state index >= 15 is 0 Å². The van der Waals surface area contributed by atoms with Gasteiger partial charge in [-0.05, 0) is 0 Å². The van der Waals surface area contributed by atoms with Crippen molar-refractivity contribution in [2.45, 2.75) is 55.4 Å². The van der Waals surface area contributed by atoms with Gasteiger partial charge in [0.05, 0.1) is 12.2 Å². The summed E-state index contributed by atoms with van der Waals surface area (Å²) in [7, 11) is 0. The lowest BCUT2D eigenvalue weighted by Gasteiger charge is -2.27. The summed E-state index contributed by atoms with van der Waals surface area (Å²) in [4.78, 5) is 60.3.